The third-order valence-corrected chi connectivity index (χ3v) is 2.47. The average Bonchev–Trinajstić information content (AvgIpc) is 2.80. The first-order valence-corrected chi connectivity index (χ1v) is 5.30. The van der Waals surface area contributed by atoms with Gasteiger partial charge in [-0.25, -0.2) is 4.39 Å². The number of aryl methyl sites for hydroxylation is 1. The maximum Gasteiger partial charge on any atom is 0.231 e. The van der Waals surface area contributed by atoms with E-state index in [1.807, 2.05) is 6.92 Å². The van der Waals surface area contributed by atoms with Crippen LogP contribution in [0.5, 0.6) is 0 Å². The lowest BCUT2D eigenvalue weighted by atomic mass is 10.1. The van der Waals surface area contributed by atoms with Crippen molar-refractivity contribution in [2.24, 2.45) is 0 Å². The van der Waals surface area contributed by atoms with Gasteiger partial charge < -0.3 is 10.2 Å². The second-order valence-electron chi connectivity index (χ2n) is 3.69. The lowest BCUT2D eigenvalue weighted by Gasteiger charge is -2.01. The van der Waals surface area contributed by atoms with Gasteiger partial charge in [-0.05, 0) is 30.3 Å². The Labute approximate surface area is 98.0 Å². The van der Waals surface area contributed by atoms with Crippen molar-refractivity contribution in [2.45, 2.75) is 13.3 Å². The lowest BCUT2D eigenvalue weighted by molar-refractivity contribution is 0.100. The molecule has 0 spiro atoms. The van der Waals surface area contributed by atoms with E-state index < -0.39 is 11.6 Å². The molecule has 0 unspecified atom stereocenters. The molecular formula is C13H12FNO2. The van der Waals surface area contributed by atoms with Crippen LogP contribution in [-0.4, -0.2) is 5.78 Å². The Hall–Kier alpha value is -2.10. The van der Waals surface area contributed by atoms with Gasteiger partial charge in [-0.15, -0.1) is 0 Å². The van der Waals surface area contributed by atoms with Crippen molar-refractivity contribution in [1.82, 2.24) is 0 Å². The van der Waals surface area contributed by atoms with Crippen LogP contribution in [0.25, 0.3) is 0 Å². The quantitative estimate of drug-likeness (QED) is 0.655. The maximum absolute atomic E-state index is 13.5. The predicted molar refractivity (Wildman–Crippen MR) is 62.3 cm³/mol. The average molecular weight is 233 g/mol. The molecule has 3 nitrogen and oxygen atoms in total. The van der Waals surface area contributed by atoms with Gasteiger partial charge in [0, 0.05) is 12.1 Å². The number of benzene rings is 1. The molecule has 0 fully saturated rings. The summed E-state index contributed by atoms with van der Waals surface area (Å²) in [5.41, 5.74) is 5.80. The van der Waals surface area contributed by atoms with E-state index in [1.165, 1.54) is 18.2 Å². The molecule has 88 valence electrons. The minimum atomic E-state index is -0.598. The molecule has 0 saturated heterocycles. The molecule has 1 aromatic heterocycles. The van der Waals surface area contributed by atoms with Crippen molar-refractivity contribution in [3.63, 3.8) is 0 Å². The molecule has 17 heavy (non-hydrogen) atoms. The highest BCUT2D eigenvalue weighted by molar-refractivity contribution is 6.07. The molecule has 2 rings (SSSR count). The molecule has 4 heteroatoms. The van der Waals surface area contributed by atoms with Crippen molar-refractivity contribution in [3.8, 4) is 0 Å². The molecule has 0 aliphatic carbocycles. The zero-order chi connectivity index (χ0) is 12.4. The minimum Gasteiger partial charge on any atom is -0.458 e. The number of rotatable bonds is 3. The van der Waals surface area contributed by atoms with Crippen LogP contribution in [0, 0.1) is 5.82 Å². The summed E-state index contributed by atoms with van der Waals surface area (Å²) in [6.45, 7) is 1.91. The SMILES string of the molecule is CCc1ccc(C(=O)c2cc(N)ccc2F)o1. The van der Waals surface area contributed by atoms with Gasteiger partial charge in [0.15, 0.2) is 5.76 Å². The number of anilines is 1. The van der Waals surface area contributed by atoms with Crippen LogP contribution in [0.1, 0.15) is 28.8 Å². The number of ketones is 1. The normalized spacial score (nSPS) is 10.5. The third-order valence-electron chi connectivity index (χ3n) is 2.47. The fraction of sp³-hybridized carbons (Fsp3) is 0.154. The maximum atomic E-state index is 13.5. The summed E-state index contributed by atoms with van der Waals surface area (Å²) in [7, 11) is 0. The molecule has 0 atom stereocenters. The van der Waals surface area contributed by atoms with Gasteiger partial charge in [-0.1, -0.05) is 6.92 Å². The summed E-state index contributed by atoms with van der Waals surface area (Å²) in [6.07, 6.45) is 0.687. The summed E-state index contributed by atoms with van der Waals surface area (Å²) >= 11 is 0. The van der Waals surface area contributed by atoms with E-state index in [4.69, 9.17) is 10.2 Å². The van der Waals surface area contributed by atoms with Gasteiger partial charge in [0.2, 0.25) is 5.78 Å². The number of hydrogen-bond acceptors (Lipinski definition) is 3. The molecule has 0 amide bonds. The smallest absolute Gasteiger partial charge is 0.231 e. The summed E-state index contributed by atoms with van der Waals surface area (Å²) in [5.74, 6) is -0.267. The van der Waals surface area contributed by atoms with Gasteiger partial charge in [-0.3, -0.25) is 4.79 Å². The zero-order valence-corrected chi connectivity index (χ0v) is 9.37. The van der Waals surface area contributed by atoms with Crippen LogP contribution < -0.4 is 5.73 Å². The van der Waals surface area contributed by atoms with Crippen LogP contribution in [-0.2, 0) is 6.42 Å². The largest absolute Gasteiger partial charge is 0.458 e. The lowest BCUT2D eigenvalue weighted by Crippen LogP contribution is -2.04. The van der Waals surface area contributed by atoms with Crippen LogP contribution in [0.4, 0.5) is 10.1 Å². The molecule has 2 N–H and O–H groups in total. The Morgan fingerprint density at radius 1 is 1.35 bits per heavy atom. The van der Waals surface area contributed by atoms with Gasteiger partial charge >= 0.3 is 0 Å². The van der Waals surface area contributed by atoms with E-state index in [1.54, 1.807) is 12.1 Å². The fourth-order valence-electron chi connectivity index (χ4n) is 1.54. The van der Waals surface area contributed by atoms with E-state index in [0.717, 1.165) is 0 Å². The molecule has 0 aliphatic heterocycles. The first-order chi connectivity index (χ1) is 8.11. The Morgan fingerprint density at radius 3 is 2.76 bits per heavy atom. The zero-order valence-electron chi connectivity index (χ0n) is 9.37. The first-order valence-electron chi connectivity index (χ1n) is 5.30. The van der Waals surface area contributed by atoms with Crippen LogP contribution in [0.2, 0.25) is 0 Å². The van der Waals surface area contributed by atoms with E-state index in [0.29, 0.717) is 17.9 Å². The van der Waals surface area contributed by atoms with E-state index in [-0.39, 0.29) is 11.3 Å². The summed E-state index contributed by atoms with van der Waals surface area (Å²) in [4.78, 5) is 12.0. The first kappa shape index (κ1) is 11.4. The van der Waals surface area contributed by atoms with Crippen LogP contribution in [0.15, 0.2) is 34.7 Å². The Bertz CT molecular complexity index is 560. The second-order valence-corrected chi connectivity index (χ2v) is 3.69. The molecule has 0 saturated carbocycles. The molecule has 0 bridgehead atoms. The Morgan fingerprint density at radius 2 is 2.12 bits per heavy atom. The highest BCUT2D eigenvalue weighted by Crippen LogP contribution is 2.18. The van der Waals surface area contributed by atoms with E-state index in [9.17, 15) is 9.18 Å². The summed E-state index contributed by atoms with van der Waals surface area (Å²) < 4.78 is 18.8. The van der Waals surface area contributed by atoms with Crippen LogP contribution in [0.3, 0.4) is 0 Å². The fourth-order valence-corrected chi connectivity index (χ4v) is 1.54. The summed E-state index contributed by atoms with van der Waals surface area (Å²) in [5, 5.41) is 0. The Kier molecular flexibility index (Phi) is 2.95. The highest BCUT2D eigenvalue weighted by Gasteiger charge is 2.17. The van der Waals surface area contributed by atoms with E-state index in [2.05, 4.69) is 0 Å². The number of nitrogen functional groups attached to an aromatic ring is 1. The molecule has 1 heterocycles. The number of nitrogens with two attached hydrogens (primary N) is 1. The van der Waals surface area contributed by atoms with Gasteiger partial charge in [0.05, 0.1) is 5.56 Å². The number of carbonyl (C=O) groups excluding carboxylic acids is 1. The van der Waals surface area contributed by atoms with Gasteiger partial charge in [-0.2, -0.15) is 0 Å². The minimum absolute atomic E-state index is 0.0676. The number of furan rings is 1. The van der Waals surface area contributed by atoms with Crippen molar-refractivity contribution in [2.75, 3.05) is 5.73 Å². The third kappa shape index (κ3) is 2.20. The standard InChI is InChI=1S/C13H12FNO2/c1-2-9-4-6-12(17-9)13(16)10-7-8(15)3-5-11(10)14/h3-7H,2,15H2,1H3. The second kappa shape index (κ2) is 4.41. The Balaban J connectivity index is 2.39. The van der Waals surface area contributed by atoms with Crippen molar-refractivity contribution in [1.29, 1.82) is 0 Å². The van der Waals surface area contributed by atoms with E-state index >= 15 is 0 Å². The van der Waals surface area contributed by atoms with Crippen molar-refractivity contribution < 1.29 is 13.6 Å². The number of carbonyl (C=O) groups is 1. The monoisotopic (exact) mass is 233 g/mol. The van der Waals surface area contributed by atoms with Crippen LogP contribution >= 0.6 is 0 Å². The van der Waals surface area contributed by atoms with Crippen molar-refractivity contribution in [3.05, 3.63) is 53.2 Å². The predicted octanol–water partition coefficient (Wildman–Crippen LogP) is 2.79. The molecule has 0 radical (unpaired) electrons. The van der Waals surface area contributed by atoms with Crippen molar-refractivity contribution >= 4 is 11.5 Å². The van der Waals surface area contributed by atoms with Gasteiger partial charge in [0.1, 0.15) is 11.6 Å². The molecule has 2 aromatic rings. The number of halogens is 1. The molecular weight excluding hydrogens is 221 g/mol. The number of hydrogen-bond donors (Lipinski definition) is 1. The highest BCUT2D eigenvalue weighted by atomic mass is 19.1. The topological polar surface area (TPSA) is 56.2 Å². The summed E-state index contributed by atoms with van der Waals surface area (Å²) in [6, 6.07) is 7.14. The van der Waals surface area contributed by atoms with Gasteiger partial charge in [0.25, 0.3) is 0 Å². The molecule has 0 aliphatic rings. The molecule has 1 aromatic carbocycles.